The Kier molecular flexibility index (Phi) is 14.7. The number of carbonyl (C=O) groups is 2. The molecule has 8 aromatic rings. The first kappa shape index (κ1) is 48.0. The fraction of sp³-hybridized carbons (Fsp3) is 0.111. The van der Waals surface area contributed by atoms with Gasteiger partial charge in [-0.3, -0.25) is 14.2 Å². The van der Waals surface area contributed by atoms with Crippen molar-refractivity contribution in [3.05, 3.63) is 161 Å². The molecule has 0 spiro atoms. The SMILES string of the molecule is Cc1cc(NS(=O)(=O)c2ccc(N)cc2)no1.Cc1ccc(-c2cnc(N)c(C(=O)Cc3ccc(S(=O)(=O)Nc4cc(C)on4)cc3)n2)cc1.Cc1ccc(-c2cnc(N)c(C(=O)O)n2)cc1. The van der Waals surface area contributed by atoms with E-state index < -0.39 is 26.0 Å². The molecule has 0 aliphatic rings. The van der Waals surface area contributed by atoms with Crippen LogP contribution in [-0.4, -0.2) is 63.9 Å². The molecule has 0 radical (unpaired) electrons. The Bertz CT molecular complexity index is 3250. The molecule has 0 bridgehead atoms. The number of benzene rings is 4. The van der Waals surface area contributed by atoms with Gasteiger partial charge >= 0.3 is 5.97 Å². The second kappa shape index (κ2) is 20.6. The van der Waals surface area contributed by atoms with E-state index in [1.54, 1.807) is 26.0 Å². The van der Waals surface area contributed by atoms with Gasteiger partial charge in [0.15, 0.2) is 34.7 Å². The Hall–Kier alpha value is -8.50. The lowest BCUT2D eigenvalue weighted by atomic mass is 10.1. The van der Waals surface area contributed by atoms with Crippen LogP contribution < -0.4 is 26.6 Å². The van der Waals surface area contributed by atoms with Crippen LogP contribution in [0.15, 0.2) is 140 Å². The van der Waals surface area contributed by atoms with Crippen LogP contribution in [-0.2, 0) is 26.5 Å². The molecular weight excluding hydrogens is 903 g/mol. The maximum atomic E-state index is 12.9. The van der Waals surface area contributed by atoms with Gasteiger partial charge in [0.05, 0.1) is 33.6 Å². The Balaban J connectivity index is 0.000000183. The number of sulfonamides is 2. The van der Waals surface area contributed by atoms with Crippen LogP contribution in [0.3, 0.4) is 0 Å². The number of nitrogens with one attached hydrogen (secondary N) is 2. The summed E-state index contributed by atoms with van der Waals surface area (Å²) in [6.45, 7) is 7.29. The van der Waals surface area contributed by atoms with Crippen molar-refractivity contribution in [2.24, 2.45) is 0 Å². The number of rotatable bonds is 12. The van der Waals surface area contributed by atoms with Crippen molar-refractivity contribution < 1.29 is 40.6 Å². The van der Waals surface area contributed by atoms with Crippen molar-refractivity contribution in [1.82, 2.24) is 30.2 Å². The van der Waals surface area contributed by atoms with Crippen LogP contribution in [0.25, 0.3) is 22.5 Å². The minimum absolute atomic E-state index is 0.00747. The number of Topliss-reactive ketones (excluding diaryl/α,β-unsaturated/α-hetero) is 1. The summed E-state index contributed by atoms with van der Waals surface area (Å²) in [7, 11) is -7.49. The third-order valence-corrected chi connectivity index (χ3v) is 12.0. The molecule has 8 rings (SSSR count). The third kappa shape index (κ3) is 12.8. The van der Waals surface area contributed by atoms with Gasteiger partial charge in [-0.1, -0.05) is 82.1 Å². The minimum Gasteiger partial charge on any atom is -0.476 e. The average molecular weight is 946 g/mol. The summed E-state index contributed by atoms with van der Waals surface area (Å²) in [5.41, 5.74) is 22.7. The summed E-state index contributed by atoms with van der Waals surface area (Å²) in [6.07, 6.45) is 2.98. The van der Waals surface area contributed by atoms with Crippen molar-refractivity contribution in [2.75, 3.05) is 26.6 Å². The highest BCUT2D eigenvalue weighted by Gasteiger charge is 2.20. The number of carboxylic acids is 1. The number of nitrogens with two attached hydrogens (primary N) is 3. The summed E-state index contributed by atoms with van der Waals surface area (Å²) < 4.78 is 63.1. The van der Waals surface area contributed by atoms with E-state index in [0.717, 1.165) is 22.3 Å². The van der Waals surface area contributed by atoms with Crippen LogP contribution >= 0.6 is 0 Å². The van der Waals surface area contributed by atoms with E-state index in [2.05, 4.69) is 39.7 Å². The van der Waals surface area contributed by atoms with Crippen molar-refractivity contribution in [1.29, 1.82) is 0 Å². The van der Waals surface area contributed by atoms with Crippen LogP contribution in [0.2, 0.25) is 0 Å². The molecule has 9 N–H and O–H groups in total. The number of nitrogen functional groups attached to an aromatic ring is 3. The largest absolute Gasteiger partial charge is 0.476 e. The zero-order chi connectivity index (χ0) is 48.5. The second-order valence-corrected chi connectivity index (χ2v) is 18.0. The number of carboxylic acid groups (broad SMARTS) is 1. The van der Waals surface area contributed by atoms with E-state index in [4.69, 9.17) is 31.4 Å². The van der Waals surface area contributed by atoms with Crippen molar-refractivity contribution in [3.8, 4) is 22.5 Å². The van der Waals surface area contributed by atoms with Crippen molar-refractivity contribution in [3.63, 3.8) is 0 Å². The van der Waals surface area contributed by atoms with E-state index in [-0.39, 0.29) is 56.7 Å². The molecule has 0 aliphatic heterocycles. The average Bonchev–Trinajstić information content (AvgIpc) is 3.90. The summed E-state index contributed by atoms with van der Waals surface area (Å²) in [4.78, 5) is 40.2. The van der Waals surface area contributed by atoms with Crippen molar-refractivity contribution in [2.45, 2.75) is 43.9 Å². The van der Waals surface area contributed by atoms with Gasteiger partial charge in [-0.15, -0.1) is 0 Å². The monoisotopic (exact) mass is 945 g/mol. The van der Waals surface area contributed by atoms with Crippen molar-refractivity contribution >= 4 is 60.8 Å². The van der Waals surface area contributed by atoms with E-state index in [0.29, 0.717) is 34.2 Å². The quantitative estimate of drug-likeness (QED) is 0.0551. The molecule has 22 heteroatoms. The number of hydrogen-bond acceptors (Lipinski definition) is 17. The Morgan fingerprint density at radius 2 is 0.985 bits per heavy atom. The minimum atomic E-state index is -3.84. The summed E-state index contributed by atoms with van der Waals surface area (Å²) in [6, 6.07) is 30.1. The van der Waals surface area contributed by atoms with Crippen LogP contribution in [0.5, 0.6) is 0 Å². The Morgan fingerprint density at radius 3 is 1.39 bits per heavy atom. The fourth-order valence-electron chi connectivity index (χ4n) is 5.81. The lowest BCUT2D eigenvalue weighted by Crippen LogP contribution is -2.14. The highest BCUT2D eigenvalue weighted by atomic mass is 32.2. The Morgan fingerprint density at radius 1 is 0.582 bits per heavy atom. The molecule has 0 fully saturated rings. The van der Waals surface area contributed by atoms with Gasteiger partial charge in [0.2, 0.25) is 0 Å². The molecule has 0 atom stereocenters. The summed E-state index contributed by atoms with van der Waals surface area (Å²) >= 11 is 0. The molecular formula is C45H43N11O9S2. The first-order valence-electron chi connectivity index (χ1n) is 19.8. The first-order valence-corrected chi connectivity index (χ1v) is 22.8. The molecule has 67 heavy (non-hydrogen) atoms. The summed E-state index contributed by atoms with van der Waals surface area (Å²) in [5, 5.41) is 16.1. The lowest BCUT2D eigenvalue weighted by molar-refractivity contribution is 0.0691. The van der Waals surface area contributed by atoms with Crippen LogP contribution in [0.4, 0.5) is 29.0 Å². The van der Waals surface area contributed by atoms with Gasteiger partial charge in [-0.25, -0.2) is 41.6 Å². The number of hydrogen-bond donors (Lipinski definition) is 6. The highest BCUT2D eigenvalue weighted by molar-refractivity contribution is 7.93. The van der Waals surface area contributed by atoms with Gasteiger partial charge in [0.25, 0.3) is 20.0 Å². The normalized spacial score (nSPS) is 11.0. The maximum Gasteiger partial charge on any atom is 0.358 e. The lowest BCUT2D eigenvalue weighted by Gasteiger charge is -2.08. The first-order chi connectivity index (χ1) is 31.8. The fourth-order valence-corrected chi connectivity index (χ4v) is 7.78. The smallest absolute Gasteiger partial charge is 0.358 e. The molecule has 4 heterocycles. The number of aryl methyl sites for hydroxylation is 4. The summed E-state index contributed by atoms with van der Waals surface area (Å²) in [5.74, 6) is -0.274. The zero-order valence-electron chi connectivity index (χ0n) is 36.2. The number of nitrogens with zero attached hydrogens (tertiary/aromatic N) is 6. The molecule has 344 valence electrons. The van der Waals surface area contributed by atoms with Gasteiger partial charge in [-0.05, 0) is 69.7 Å². The van der Waals surface area contributed by atoms with E-state index >= 15 is 0 Å². The Labute approximate surface area is 384 Å². The molecule has 4 aromatic carbocycles. The standard InChI is InChI=1S/C23H21N5O4S.C12H11N3O2.C10H11N3O3S/c1-14-3-7-17(8-4-14)19-13-25-23(24)22(26-19)20(29)12-16-5-9-18(10-6-16)33(30,31)28-21-11-15(2)32-27-21;1-7-2-4-8(5-3-7)9-6-14-11(13)10(15-9)12(16)17;1-7-6-10(12-16-7)13-17(14,15)9-4-2-8(11)3-5-9/h3-11,13H,12H2,1-2H3,(H2,24,25)(H,27,28);2-6H,1H3,(H2,13,14)(H,16,17);2-6H,11H2,1H3,(H,12,13). The van der Waals surface area contributed by atoms with E-state index in [9.17, 15) is 26.4 Å². The molecule has 0 unspecified atom stereocenters. The van der Waals surface area contributed by atoms with Crippen LogP contribution in [0.1, 0.15) is 49.2 Å². The molecule has 0 saturated heterocycles. The highest BCUT2D eigenvalue weighted by Crippen LogP contribution is 2.23. The van der Waals surface area contributed by atoms with Gasteiger partial charge in [0.1, 0.15) is 17.2 Å². The predicted molar refractivity (Wildman–Crippen MR) is 250 cm³/mol. The predicted octanol–water partition coefficient (Wildman–Crippen LogP) is 6.66. The van der Waals surface area contributed by atoms with E-state index in [1.165, 1.54) is 60.9 Å². The number of carbonyl (C=O) groups excluding carboxylic acids is 1. The molecule has 0 amide bonds. The molecule has 20 nitrogen and oxygen atoms in total. The van der Waals surface area contributed by atoms with Gasteiger partial charge in [0, 0.05) is 35.4 Å². The van der Waals surface area contributed by atoms with E-state index in [1.807, 2.05) is 62.4 Å². The molecule has 0 aliphatic carbocycles. The topological polar surface area (TPSA) is 328 Å². The van der Waals surface area contributed by atoms with Gasteiger partial charge in [-0.2, -0.15) is 0 Å². The zero-order valence-corrected chi connectivity index (χ0v) is 37.8. The maximum absolute atomic E-state index is 12.9. The van der Waals surface area contributed by atoms with Crippen LogP contribution in [0, 0.1) is 27.7 Å². The third-order valence-electron chi connectivity index (χ3n) is 9.29. The second-order valence-electron chi connectivity index (χ2n) is 14.7. The number of anilines is 5. The number of ketones is 1. The molecule has 0 saturated carbocycles. The number of aromatic carboxylic acids is 1. The van der Waals surface area contributed by atoms with Gasteiger partial charge < -0.3 is 31.4 Å². The molecule has 4 aromatic heterocycles. The number of aromatic nitrogens is 6.